The van der Waals surface area contributed by atoms with E-state index in [4.69, 9.17) is 14.2 Å². The summed E-state index contributed by atoms with van der Waals surface area (Å²) in [5, 5.41) is 5.19. The summed E-state index contributed by atoms with van der Waals surface area (Å²) in [4.78, 5) is 22.5. The van der Waals surface area contributed by atoms with Gasteiger partial charge >= 0.3 is 12.2 Å². The first-order valence-corrected chi connectivity index (χ1v) is 8.79. The number of rotatable bonds is 10. The average molecular weight is 358 g/mol. The molecular weight excluding hydrogens is 328 g/mol. The van der Waals surface area contributed by atoms with Gasteiger partial charge in [-0.25, -0.2) is 9.59 Å². The topological polar surface area (TPSA) is 95.1 Å². The van der Waals surface area contributed by atoms with Gasteiger partial charge in [-0.1, -0.05) is 12.2 Å². The number of alkyl carbamates (subject to hydrolysis) is 2. The van der Waals surface area contributed by atoms with Gasteiger partial charge in [0.2, 0.25) is 0 Å². The third kappa shape index (κ3) is 12.2. The van der Waals surface area contributed by atoms with E-state index < -0.39 is 6.09 Å². The maximum absolute atomic E-state index is 11.7. The van der Waals surface area contributed by atoms with Crippen LogP contribution < -0.4 is 10.6 Å². The van der Waals surface area contributed by atoms with Gasteiger partial charge in [-0.15, -0.1) is 0 Å². The van der Waals surface area contributed by atoms with Crippen LogP contribution in [0.5, 0.6) is 0 Å². The van der Waals surface area contributed by atoms with E-state index in [1.165, 1.54) is 7.11 Å². The monoisotopic (exact) mass is 358 g/mol. The van der Waals surface area contributed by atoms with Crippen molar-refractivity contribution < 1.29 is 28.5 Å². The van der Waals surface area contributed by atoms with Crippen LogP contribution in [0.3, 0.4) is 0 Å². The number of carbonyl (C=O) groups is 2. The smallest absolute Gasteiger partial charge is 0.407 e. The Morgan fingerprint density at radius 1 is 0.920 bits per heavy atom. The van der Waals surface area contributed by atoms with Crippen molar-refractivity contribution in [2.45, 2.75) is 38.2 Å². The third-order valence-corrected chi connectivity index (χ3v) is 3.58. The van der Waals surface area contributed by atoms with Crippen LogP contribution in [0.2, 0.25) is 0 Å². The standard InChI is InChI=1S/C17H30N2O6/c1-22-16(20)18-9-11-23-13-14-24-12-10-19-17(21)25-15-7-5-3-2-4-6-8-15/h2-3,15H,4-14H2,1H3,(H,18,20)(H,19,21)/b3-2+. The van der Waals surface area contributed by atoms with Crippen LogP contribution in [0, 0.1) is 0 Å². The van der Waals surface area contributed by atoms with Crippen molar-refractivity contribution in [2.24, 2.45) is 0 Å². The molecule has 0 heterocycles. The summed E-state index contributed by atoms with van der Waals surface area (Å²) in [6, 6.07) is 0. The Bertz CT molecular complexity index is 403. The number of nitrogens with one attached hydrogen (secondary N) is 2. The Morgan fingerprint density at radius 3 is 2.24 bits per heavy atom. The summed E-state index contributed by atoms with van der Waals surface area (Å²) in [7, 11) is 1.31. The second kappa shape index (κ2) is 14.5. The molecule has 1 unspecified atom stereocenters. The third-order valence-electron chi connectivity index (χ3n) is 3.58. The number of methoxy groups -OCH3 is 1. The van der Waals surface area contributed by atoms with E-state index in [2.05, 4.69) is 27.5 Å². The van der Waals surface area contributed by atoms with Gasteiger partial charge in [0.05, 0.1) is 33.5 Å². The van der Waals surface area contributed by atoms with Crippen LogP contribution >= 0.6 is 0 Å². The molecule has 2 amide bonds. The molecule has 0 aromatic carbocycles. The molecule has 1 aliphatic rings. The van der Waals surface area contributed by atoms with Gasteiger partial charge in [0, 0.05) is 13.1 Å². The van der Waals surface area contributed by atoms with Crippen LogP contribution in [-0.2, 0) is 18.9 Å². The molecular formula is C17H30N2O6. The molecule has 0 fully saturated rings. The van der Waals surface area contributed by atoms with E-state index in [9.17, 15) is 9.59 Å². The molecule has 0 radical (unpaired) electrons. The van der Waals surface area contributed by atoms with Crippen LogP contribution in [0.15, 0.2) is 12.2 Å². The van der Waals surface area contributed by atoms with Crippen molar-refractivity contribution in [2.75, 3.05) is 46.6 Å². The quantitative estimate of drug-likeness (QED) is 0.458. The van der Waals surface area contributed by atoms with E-state index in [1.807, 2.05) is 0 Å². The molecule has 8 heteroatoms. The maximum Gasteiger partial charge on any atom is 0.407 e. The maximum atomic E-state index is 11.7. The molecule has 0 saturated carbocycles. The van der Waals surface area contributed by atoms with Crippen molar-refractivity contribution in [3.05, 3.63) is 12.2 Å². The zero-order valence-electron chi connectivity index (χ0n) is 15.0. The predicted octanol–water partition coefficient (Wildman–Crippen LogP) is 1.99. The number of hydrogen-bond acceptors (Lipinski definition) is 6. The first kappa shape index (κ1) is 21.2. The molecule has 1 atom stereocenters. The van der Waals surface area contributed by atoms with Gasteiger partial charge in [-0.05, 0) is 32.1 Å². The summed E-state index contributed by atoms with van der Waals surface area (Å²) in [6.45, 7) is 2.41. The van der Waals surface area contributed by atoms with Gasteiger partial charge in [0.25, 0.3) is 0 Å². The van der Waals surface area contributed by atoms with Gasteiger partial charge in [0.15, 0.2) is 0 Å². The summed E-state index contributed by atoms with van der Waals surface area (Å²) in [6.07, 6.45) is 8.31. The number of carbonyl (C=O) groups excluding carboxylic acids is 2. The van der Waals surface area contributed by atoms with Crippen molar-refractivity contribution >= 4 is 12.2 Å². The van der Waals surface area contributed by atoms with E-state index in [0.29, 0.717) is 39.5 Å². The molecule has 0 spiro atoms. The lowest BCUT2D eigenvalue weighted by Crippen LogP contribution is -2.32. The molecule has 2 N–H and O–H groups in total. The average Bonchev–Trinajstić information content (AvgIpc) is 2.58. The minimum absolute atomic E-state index is 0.00197. The molecule has 0 aromatic heterocycles. The number of allylic oxidation sites excluding steroid dienone is 2. The molecule has 8 nitrogen and oxygen atoms in total. The number of ether oxygens (including phenoxy) is 4. The van der Waals surface area contributed by atoms with Crippen molar-refractivity contribution in [3.8, 4) is 0 Å². The predicted molar refractivity (Wildman–Crippen MR) is 92.5 cm³/mol. The van der Waals surface area contributed by atoms with E-state index >= 15 is 0 Å². The molecule has 1 aliphatic carbocycles. The minimum Gasteiger partial charge on any atom is -0.453 e. The molecule has 1 rings (SSSR count). The van der Waals surface area contributed by atoms with Gasteiger partial charge < -0.3 is 29.6 Å². The first-order chi connectivity index (χ1) is 12.2. The van der Waals surface area contributed by atoms with Gasteiger partial charge in [-0.3, -0.25) is 0 Å². The summed E-state index contributed by atoms with van der Waals surface area (Å²) < 4.78 is 20.5. The fourth-order valence-electron chi connectivity index (χ4n) is 2.28. The highest BCUT2D eigenvalue weighted by molar-refractivity contribution is 5.67. The molecule has 144 valence electrons. The zero-order chi connectivity index (χ0) is 18.2. The molecule has 0 bridgehead atoms. The van der Waals surface area contributed by atoms with E-state index in [1.54, 1.807) is 0 Å². The summed E-state index contributed by atoms with van der Waals surface area (Å²) in [5.74, 6) is 0. The summed E-state index contributed by atoms with van der Waals surface area (Å²) >= 11 is 0. The second-order valence-corrected chi connectivity index (χ2v) is 5.58. The largest absolute Gasteiger partial charge is 0.453 e. The van der Waals surface area contributed by atoms with Gasteiger partial charge in [-0.2, -0.15) is 0 Å². The van der Waals surface area contributed by atoms with Crippen LogP contribution in [-0.4, -0.2) is 64.9 Å². The van der Waals surface area contributed by atoms with E-state index in [0.717, 1.165) is 32.1 Å². The lowest BCUT2D eigenvalue weighted by molar-refractivity contribution is 0.0472. The number of amides is 2. The molecule has 0 aliphatic heterocycles. The van der Waals surface area contributed by atoms with Crippen LogP contribution in [0.1, 0.15) is 32.1 Å². The van der Waals surface area contributed by atoms with Crippen molar-refractivity contribution in [1.82, 2.24) is 10.6 Å². The summed E-state index contributed by atoms with van der Waals surface area (Å²) in [5.41, 5.74) is 0. The Balaban J connectivity index is 1.89. The zero-order valence-corrected chi connectivity index (χ0v) is 15.0. The van der Waals surface area contributed by atoms with Crippen LogP contribution in [0.25, 0.3) is 0 Å². The lowest BCUT2D eigenvalue weighted by Gasteiger charge is -2.18. The highest BCUT2D eigenvalue weighted by atomic mass is 16.6. The second-order valence-electron chi connectivity index (χ2n) is 5.58. The van der Waals surface area contributed by atoms with Crippen molar-refractivity contribution in [1.29, 1.82) is 0 Å². The Hall–Kier alpha value is -1.80. The molecule has 25 heavy (non-hydrogen) atoms. The van der Waals surface area contributed by atoms with E-state index in [-0.39, 0.29) is 12.2 Å². The minimum atomic E-state index is -0.478. The normalized spacial score (nSPS) is 18.5. The highest BCUT2D eigenvalue weighted by Gasteiger charge is 2.14. The lowest BCUT2D eigenvalue weighted by atomic mass is 10.0. The fraction of sp³-hybridized carbons (Fsp3) is 0.765. The molecule has 0 aromatic rings. The fourth-order valence-corrected chi connectivity index (χ4v) is 2.28. The van der Waals surface area contributed by atoms with Crippen molar-refractivity contribution in [3.63, 3.8) is 0 Å². The van der Waals surface area contributed by atoms with Gasteiger partial charge in [0.1, 0.15) is 6.10 Å². The number of hydrogen-bond donors (Lipinski definition) is 2. The SMILES string of the molecule is COC(=O)NCCOCCOCCNC(=O)OC1CC/C=C/CCC1. The Kier molecular flexibility index (Phi) is 12.4. The molecule has 0 saturated heterocycles. The van der Waals surface area contributed by atoms with Crippen LogP contribution in [0.4, 0.5) is 9.59 Å². The first-order valence-electron chi connectivity index (χ1n) is 8.79. The highest BCUT2D eigenvalue weighted by Crippen LogP contribution is 2.15. The Morgan fingerprint density at radius 2 is 1.56 bits per heavy atom. The Labute approximate surface area is 149 Å².